The van der Waals surface area contributed by atoms with Crippen molar-refractivity contribution in [3.63, 3.8) is 0 Å². The van der Waals surface area contributed by atoms with Gasteiger partial charge in [-0.05, 0) is 41.8 Å². The summed E-state index contributed by atoms with van der Waals surface area (Å²) in [7, 11) is 1.56. The number of methoxy groups -OCH3 is 1. The molecule has 5 N–H and O–H groups in total. The summed E-state index contributed by atoms with van der Waals surface area (Å²) in [5, 5.41) is 13.1. The van der Waals surface area contributed by atoms with Gasteiger partial charge in [-0.3, -0.25) is 15.0 Å². The Morgan fingerprint density at radius 3 is 2.30 bits per heavy atom. The lowest BCUT2D eigenvalue weighted by molar-refractivity contribution is -0.119. The van der Waals surface area contributed by atoms with Crippen molar-refractivity contribution in [3.8, 4) is 17.0 Å². The number of aromatic nitrogens is 1. The van der Waals surface area contributed by atoms with E-state index in [2.05, 4.69) is 15.6 Å². The van der Waals surface area contributed by atoms with Crippen molar-refractivity contribution in [2.24, 2.45) is 5.73 Å². The van der Waals surface area contributed by atoms with Crippen LogP contribution in [0.25, 0.3) is 11.3 Å². The largest absolute Gasteiger partial charge is 0.494 e. The Morgan fingerprint density at radius 1 is 1.00 bits per heavy atom. The molecule has 0 saturated heterocycles. The monoisotopic (exact) mass is 445 g/mol. The van der Waals surface area contributed by atoms with Gasteiger partial charge in [0.15, 0.2) is 0 Å². The van der Waals surface area contributed by atoms with Crippen LogP contribution in [0, 0.1) is 12.3 Å². The lowest BCUT2D eigenvalue weighted by Crippen LogP contribution is -2.24. The Morgan fingerprint density at radius 2 is 1.67 bits per heavy atom. The first-order valence-corrected chi connectivity index (χ1v) is 10.4. The molecule has 170 valence electrons. The fourth-order valence-electron chi connectivity index (χ4n) is 3.27. The average Bonchev–Trinajstić information content (AvgIpc) is 2.81. The highest BCUT2D eigenvalue weighted by atomic mass is 16.5. The molecule has 33 heavy (non-hydrogen) atoms. The van der Waals surface area contributed by atoms with Crippen LogP contribution in [-0.2, 0) is 17.9 Å². The molecule has 1 heterocycles. The number of benzene rings is 2. The number of nitrogens with two attached hydrogens (primary N) is 1. The predicted octanol–water partition coefficient (Wildman–Crippen LogP) is 2.92. The molecular weight excluding hydrogens is 418 g/mol. The standard InChI is InChI=1S/C25H27N5O3/c1-15-4-5-18(14-28-16(2)31)12-20(15)23-22(33-3)11-10-21(30-23)25(32)29-13-17-6-8-19(9-7-17)24(26)27/h4-12H,13-14H2,1-3H3,(H3,26,27)(H,28,31)(H,29,32). The number of nitrogens with one attached hydrogen (secondary N) is 3. The van der Waals surface area contributed by atoms with Gasteiger partial charge >= 0.3 is 0 Å². The maximum atomic E-state index is 12.8. The fraction of sp³-hybridized carbons (Fsp3) is 0.200. The normalized spacial score (nSPS) is 10.4. The Kier molecular flexibility index (Phi) is 7.40. The SMILES string of the molecule is COc1ccc(C(=O)NCc2ccc(C(=N)N)cc2)nc1-c1cc(CNC(C)=O)ccc1C. The van der Waals surface area contributed by atoms with Crippen molar-refractivity contribution < 1.29 is 14.3 Å². The van der Waals surface area contributed by atoms with Crippen LogP contribution in [-0.4, -0.2) is 29.7 Å². The first-order chi connectivity index (χ1) is 15.8. The Bertz CT molecular complexity index is 1190. The van der Waals surface area contributed by atoms with Crippen molar-refractivity contribution >= 4 is 17.6 Å². The Balaban J connectivity index is 1.83. The number of amidine groups is 1. The van der Waals surface area contributed by atoms with E-state index < -0.39 is 0 Å². The van der Waals surface area contributed by atoms with Crippen LogP contribution in [0.15, 0.2) is 54.6 Å². The molecule has 2 amide bonds. The molecule has 0 aliphatic carbocycles. The van der Waals surface area contributed by atoms with Gasteiger partial charge < -0.3 is 21.1 Å². The number of hydrogen-bond acceptors (Lipinski definition) is 5. The van der Waals surface area contributed by atoms with Gasteiger partial charge in [-0.25, -0.2) is 4.98 Å². The molecule has 0 atom stereocenters. The second kappa shape index (κ2) is 10.4. The fourth-order valence-corrected chi connectivity index (χ4v) is 3.27. The van der Waals surface area contributed by atoms with Crippen molar-refractivity contribution in [1.82, 2.24) is 15.6 Å². The maximum Gasteiger partial charge on any atom is 0.270 e. The van der Waals surface area contributed by atoms with Gasteiger partial charge in [0.2, 0.25) is 5.91 Å². The van der Waals surface area contributed by atoms with E-state index in [-0.39, 0.29) is 23.3 Å². The van der Waals surface area contributed by atoms with Gasteiger partial charge in [0.1, 0.15) is 23.0 Å². The second-order valence-electron chi connectivity index (χ2n) is 7.60. The van der Waals surface area contributed by atoms with Crippen LogP contribution < -0.4 is 21.1 Å². The summed E-state index contributed by atoms with van der Waals surface area (Å²) in [6, 6.07) is 16.3. The number of aryl methyl sites for hydroxylation is 1. The van der Waals surface area contributed by atoms with Crippen LogP contribution in [0.3, 0.4) is 0 Å². The quantitative estimate of drug-likeness (QED) is 0.313. The molecule has 0 radical (unpaired) electrons. The van der Waals surface area contributed by atoms with Crippen LogP contribution >= 0.6 is 0 Å². The Hall–Kier alpha value is -4.20. The predicted molar refractivity (Wildman–Crippen MR) is 127 cm³/mol. The first kappa shape index (κ1) is 23.5. The molecule has 0 bridgehead atoms. The van der Waals surface area contributed by atoms with E-state index in [0.717, 1.165) is 22.3 Å². The molecule has 0 saturated carbocycles. The molecule has 8 nitrogen and oxygen atoms in total. The van der Waals surface area contributed by atoms with Gasteiger partial charge in [0.25, 0.3) is 5.91 Å². The molecule has 2 aromatic carbocycles. The van der Waals surface area contributed by atoms with E-state index in [4.69, 9.17) is 15.9 Å². The van der Waals surface area contributed by atoms with Crippen LogP contribution in [0.1, 0.15) is 39.7 Å². The molecule has 0 unspecified atom stereocenters. The van der Waals surface area contributed by atoms with Crippen molar-refractivity contribution in [2.45, 2.75) is 26.9 Å². The third-order valence-corrected chi connectivity index (χ3v) is 5.13. The number of hydrogen-bond donors (Lipinski definition) is 4. The van der Waals surface area contributed by atoms with E-state index in [9.17, 15) is 9.59 Å². The zero-order valence-corrected chi connectivity index (χ0v) is 18.9. The topological polar surface area (TPSA) is 130 Å². The molecule has 3 rings (SSSR count). The third kappa shape index (κ3) is 5.94. The van der Waals surface area contributed by atoms with Gasteiger partial charge in [-0.1, -0.05) is 36.4 Å². The zero-order valence-electron chi connectivity index (χ0n) is 18.9. The number of nitrogens with zero attached hydrogens (tertiary/aromatic N) is 1. The third-order valence-electron chi connectivity index (χ3n) is 5.13. The minimum Gasteiger partial charge on any atom is -0.494 e. The van der Waals surface area contributed by atoms with E-state index in [1.165, 1.54) is 6.92 Å². The number of ether oxygens (including phenoxy) is 1. The summed E-state index contributed by atoms with van der Waals surface area (Å²) >= 11 is 0. The number of carbonyl (C=O) groups is 2. The molecule has 1 aromatic heterocycles. The van der Waals surface area contributed by atoms with E-state index in [0.29, 0.717) is 30.1 Å². The molecule has 8 heteroatoms. The average molecular weight is 446 g/mol. The zero-order chi connectivity index (χ0) is 24.0. The van der Waals surface area contributed by atoms with Gasteiger partial charge in [-0.15, -0.1) is 0 Å². The van der Waals surface area contributed by atoms with E-state index >= 15 is 0 Å². The highest BCUT2D eigenvalue weighted by molar-refractivity contribution is 5.95. The minimum absolute atomic E-state index is 0.00279. The number of pyridine rings is 1. The molecular formula is C25H27N5O3. The lowest BCUT2D eigenvalue weighted by Gasteiger charge is -2.14. The summed E-state index contributed by atoms with van der Waals surface area (Å²) < 4.78 is 5.50. The lowest BCUT2D eigenvalue weighted by atomic mass is 10.0. The van der Waals surface area contributed by atoms with E-state index in [1.807, 2.05) is 37.3 Å². The number of amides is 2. The first-order valence-electron chi connectivity index (χ1n) is 10.4. The minimum atomic E-state index is -0.318. The van der Waals surface area contributed by atoms with Crippen molar-refractivity contribution in [1.29, 1.82) is 5.41 Å². The van der Waals surface area contributed by atoms with E-state index in [1.54, 1.807) is 31.4 Å². The summed E-state index contributed by atoms with van der Waals surface area (Å²) in [6.45, 7) is 4.13. The van der Waals surface area contributed by atoms with Crippen molar-refractivity contribution in [2.75, 3.05) is 7.11 Å². The summed E-state index contributed by atoms with van der Waals surface area (Å²) in [6.07, 6.45) is 0. The number of rotatable bonds is 8. The maximum absolute atomic E-state index is 12.8. The van der Waals surface area contributed by atoms with Crippen LogP contribution in [0.5, 0.6) is 5.75 Å². The highest BCUT2D eigenvalue weighted by Gasteiger charge is 2.16. The second-order valence-corrected chi connectivity index (χ2v) is 7.60. The van der Waals surface area contributed by atoms with Gasteiger partial charge in [-0.2, -0.15) is 0 Å². The molecule has 0 spiro atoms. The van der Waals surface area contributed by atoms with Gasteiger partial charge in [0, 0.05) is 31.1 Å². The highest BCUT2D eigenvalue weighted by Crippen LogP contribution is 2.31. The summed E-state index contributed by atoms with van der Waals surface area (Å²) in [5.74, 6) is 0.118. The van der Waals surface area contributed by atoms with Crippen LogP contribution in [0.4, 0.5) is 0 Å². The summed E-state index contributed by atoms with van der Waals surface area (Å²) in [5.41, 5.74) is 10.5. The Labute approximate surface area is 192 Å². The number of carbonyl (C=O) groups excluding carboxylic acids is 2. The number of nitrogen functional groups attached to an aromatic ring is 1. The molecule has 0 aliphatic rings. The smallest absolute Gasteiger partial charge is 0.270 e. The molecule has 0 aliphatic heterocycles. The van der Waals surface area contributed by atoms with Crippen molar-refractivity contribution in [3.05, 3.63) is 82.5 Å². The van der Waals surface area contributed by atoms with Crippen LogP contribution in [0.2, 0.25) is 0 Å². The molecule has 0 fully saturated rings. The van der Waals surface area contributed by atoms with Gasteiger partial charge in [0.05, 0.1) is 7.11 Å². The molecule has 3 aromatic rings. The summed E-state index contributed by atoms with van der Waals surface area (Å²) in [4.78, 5) is 28.6.